The molecule has 154 valence electrons. The van der Waals surface area contributed by atoms with Crippen LogP contribution in [0.1, 0.15) is 22.3 Å². The average molecular weight is 406 g/mol. The van der Waals surface area contributed by atoms with Gasteiger partial charge in [0.1, 0.15) is 13.2 Å². The second-order valence-corrected chi connectivity index (χ2v) is 6.76. The van der Waals surface area contributed by atoms with E-state index in [0.29, 0.717) is 22.6 Å². The first-order valence-corrected chi connectivity index (χ1v) is 9.44. The van der Waals surface area contributed by atoms with Gasteiger partial charge in [-0.3, -0.25) is 9.59 Å². The molecule has 6 heteroatoms. The molecular weight excluding hydrogens is 384 g/mol. The summed E-state index contributed by atoms with van der Waals surface area (Å²) < 4.78 is 11.9. The van der Waals surface area contributed by atoms with Crippen molar-refractivity contribution < 1.29 is 29.3 Å². The molecule has 0 aliphatic rings. The molecule has 0 bridgehead atoms. The number of benzene rings is 3. The second kappa shape index (κ2) is 10.1. The van der Waals surface area contributed by atoms with Crippen molar-refractivity contribution in [3.8, 4) is 11.5 Å². The molecule has 0 spiro atoms. The Balaban J connectivity index is 1.91. The highest BCUT2D eigenvalue weighted by atomic mass is 16.5. The van der Waals surface area contributed by atoms with E-state index >= 15 is 0 Å². The molecule has 0 saturated heterocycles. The topological polar surface area (TPSA) is 93.1 Å². The molecule has 0 saturated carbocycles. The Morgan fingerprint density at radius 3 is 1.33 bits per heavy atom. The van der Waals surface area contributed by atoms with Crippen molar-refractivity contribution >= 4 is 11.9 Å². The molecule has 30 heavy (non-hydrogen) atoms. The second-order valence-electron chi connectivity index (χ2n) is 6.76. The summed E-state index contributed by atoms with van der Waals surface area (Å²) in [6, 6.07) is 22.2. The zero-order valence-electron chi connectivity index (χ0n) is 16.3. The number of ether oxygens (including phenoxy) is 2. The van der Waals surface area contributed by atoms with Crippen molar-refractivity contribution in [1.82, 2.24) is 0 Å². The van der Waals surface area contributed by atoms with Crippen molar-refractivity contribution in [2.75, 3.05) is 0 Å². The van der Waals surface area contributed by atoms with Gasteiger partial charge in [-0.05, 0) is 34.4 Å². The number of aliphatic carboxylic acids is 2. The molecule has 0 radical (unpaired) electrons. The minimum Gasteiger partial charge on any atom is -0.485 e. The Bertz CT molecular complexity index is 916. The van der Waals surface area contributed by atoms with Crippen molar-refractivity contribution in [2.45, 2.75) is 26.1 Å². The van der Waals surface area contributed by atoms with E-state index in [9.17, 15) is 19.8 Å². The Morgan fingerprint density at radius 1 is 0.633 bits per heavy atom. The first-order chi connectivity index (χ1) is 14.5. The van der Waals surface area contributed by atoms with Gasteiger partial charge < -0.3 is 19.7 Å². The molecule has 6 nitrogen and oxygen atoms in total. The molecular formula is C24H22O6. The van der Waals surface area contributed by atoms with Gasteiger partial charge in [0.25, 0.3) is 0 Å². The van der Waals surface area contributed by atoms with Crippen LogP contribution in [0.15, 0.2) is 72.8 Å². The Labute approximate surface area is 174 Å². The maximum Gasteiger partial charge on any atom is 0.307 e. The minimum absolute atomic E-state index is 0.271. The van der Waals surface area contributed by atoms with Crippen LogP contribution in [-0.4, -0.2) is 22.2 Å². The fourth-order valence-corrected chi connectivity index (χ4v) is 3.00. The van der Waals surface area contributed by atoms with Crippen LogP contribution >= 0.6 is 0 Å². The molecule has 0 aromatic heterocycles. The third-order valence-corrected chi connectivity index (χ3v) is 4.42. The molecule has 0 atom stereocenters. The summed E-state index contributed by atoms with van der Waals surface area (Å²) in [4.78, 5) is 22.5. The quantitative estimate of drug-likeness (QED) is 0.527. The smallest absolute Gasteiger partial charge is 0.307 e. The number of carbonyl (C=O) groups is 2. The molecule has 3 rings (SSSR count). The van der Waals surface area contributed by atoms with Gasteiger partial charge in [0.05, 0.1) is 12.8 Å². The molecule has 0 unspecified atom stereocenters. The summed E-state index contributed by atoms with van der Waals surface area (Å²) in [5.74, 6) is -1.34. The third kappa shape index (κ3) is 6.10. The van der Waals surface area contributed by atoms with Crippen LogP contribution in [0.25, 0.3) is 0 Å². The number of hydrogen-bond donors (Lipinski definition) is 2. The van der Waals surface area contributed by atoms with Crippen molar-refractivity contribution in [3.05, 3.63) is 95.1 Å². The lowest BCUT2D eigenvalue weighted by Crippen LogP contribution is -2.10. The van der Waals surface area contributed by atoms with Gasteiger partial charge in [0.2, 0.25) is 0 Å². The zero-order chi connectivity index (χ0) is 21.3. The van der Waals surface area contributed by atoms with E-state index in [1.165, 1.54) is 0 Å². The fraction of sp³-hybridized carbons (Fsp3) is 0.167. The molecule has 2 N–H and O–H groups in total. The summed E-state index contributed by atoms with van der Waals surface area (Å²) in [5.41, 5.74) is 2.67. The first-order valence-electron chi connectivity index (χ1n) is 9.44. The number of hydrogen-bond acceptors (Lipinski definition) is 4. The van der Waals surface area contributed by atoms with E-state index in [1.54, 1.807) is 12.1 Å². The van der Waals surface area contributed by atoms with Crippen LogP contribution < -0.4 is 9.47 Å². The van der Waals surface area contributed by atoms with Gasteiger partial charge >= 0.3 is 11.9 Å². The van der Waals surface area contributed by atoms with Crippen LogP contribution in [0, 0.1) is 0 Å². The third-order valence-electron chi connectivity index (χ3n) is 4.42. The van der Waals surface area contributed by atoms with Gasteiger partial charge in [0.15, 0.2) is 11.5 Å². The van der Waals surface area contributed by atoms with E-state index in [-0.39, 0.29) is 26.1 Å². The van der Waals surface area contributed by atoms with E-state index in [1.807, 2.05) is 60.7 Å². The van der Waals surface area contributed by atoms with Crippen molar-refractivity contribution in [3.63, 3.8) is 0 Å². The van der Waals surface area contributed by atoms with Gasteiger partial charge in [0, 0.05) is 0 Å². The van der Waals surface area contributed by atoms with Gasteiger partial charge in [-0.1, -0.05) is 60.7 Å². The highest BCUT2D eigenvalue weighted by molar-refractivity contribution is 5.75. The van der Waals surface area contributed by atoms with Crippen LogP contribution in [0.3, 0.4) is 0 Å². The van der Waals surface area contributed by atoms with Crippen LogP contribution in [-0.2, 0) is 35.6 Å². The van der Waals surface area contributed by atoms with Crippen LogP contribution in [0.2, 0.25) is 0 Å². The summed E-state index contributed by atoms with van der Waals surface area (Å²) in [6.07, 6.45) is -0.605. The van der Waals surface area contributed by atoms with Gasteiger partial charge in [-0.15, -0.1) is 0 Å². The molecule has 3 aromatic carbocycles. The first kappa shape index (κ1) is 20.9. The normalized spacial score (nSPS) is 10.4. The average Bonchev–Trinajstić information content (AvgIpc) is 2.73. The summed E-state index contributed by atoms with van der Waals surface area (Å²) in [7, 11) is 0. The lowest BCUT2D eigenvalue weighted by atomic mass is 10.0. The Morgan fingerprint density at radius 2 is 1.00 bits per heavy atom. The standard InChI is InChI=1S/C24H22O6/c25-23(26)13-19-11-21(29-15-17-7-3-1-4-8-17)22(12-20(19)14-24(27)28)30-16-18-9-5-2-6-10-18/h1-12H,13-16H2,(H,25,26)(H,27,28). The fourth-order valence-electron chi connectivity index (χ4n) is 3.00. The van der Waals surface area contributed by atoms with Crippen molar-refractivity contribution in [2.24, 2.45) is 0 Å². The van der Waals surface area contributed by atoms with E-state index in [4.69, 9.17) is 9.47 Å². The van der Waals surface area contributed by atoms with Gasteiger partial charge in [-0.2, -0.15) is 0 Å². The summed E-state index contributed by atoms with van der Waals surface area (Å²) >= 11 is 0. The largest absolute Gasteiger partial charge is 0.485 e. The summed E-state index contributed by atoms with van der Waals surface area (Å²) in [5, 5.41) is 18.5. The predicted octanol–water partition coefficient (Wildman–Crippen LogP) is 4.10. The molecule has 0 heterocycles. The molecule has 0 fully saturated rings. The van der Waals surface area contributed by atoms with Gasteiger partial charge in [-0.25, -0.2) is 0 Å². The lowest BCUT2D eigenvalue weighted by molar-refractivity contribution is -0.137. The Hall–Kier alpha value is -3.80. The van der Waals surface area contributed by atoms with E-state index in [2.05, 4.69) is 0 Å². The predicted molar refractivity (Wildman–Crippen MR) is 111 cm³/mol. The SMILES string of the molecule is O=C(O)Cc1cc(OCc2ccccc2)c(OCc2ccccc2)cc1CC(=O)O. The minimum atomic E-state index is -1.05. The molecule has 0 amide bonds. The molecule has 0 aliphatic carbocycles. The number of carboxylic acids is 2. The zero-order valence-corrected chi connectivity index (χ0v) is 16.3. The lowest BCUT2D eigenvalue weighted by Gasteiger charge is -2.17. The Kier molecular flexibility index (Phi) is 7.05. The number of carboxylic acid groups (broad SMARTS) is 2. The number of rotatable bonds is 10. The molecule has 0 aliphatic heterocycles. The monoisotopic (exact) mass is 406 g/mol. The van der Waals surface area contributed by atoms with Crippen LogP contribution in [0.5, 0.6) is 11.5 Å². The maximum absolute atomic E-state index is 11.3. The maximum atomic E-state index is 11.3. The van der Waals surface area contributed by atoms with E-state index < -0.39 is 11.9 Å². The summed E-state index contributed by atoms with van der Waals surface area (Å²) in [6.45, 7) is 0.542. The highest BCUT2D eigenvalue weighted by Gasteiger charge is 2.17. The highest BCUT2D eigenvalue weighted by Crippen LogP contribution is 2.33. The molecule has 3 aromatic rings. The van der Waals surface area contributed by atoms with Crippen molar-refractivity contribution in [1.29, 1.82) is 0 Å². The van der Waals surface area contributed by atoms with Crippen LogP contribution in [0.4, 0.5) is 0 Å². The van der Waals surface area contributed by atoms with E-state index in [0.717, 1.165) is 11.1 Å².